The van der Waals surface area contributed by atoms with Crippen LogP contribution in [-0.2, 0) is 6.42 Å². The molecule has 0 radical (unpaired) electrons. The highest BCUT2D eigenvalue weighted by molar-refractivity contribution is 6.30. The summed E-state index contributed by atoms with van der Waals surface area (Å²) < 4.78 is 13.3. The Hall–Kier alpha value is -0.820. The van der Waals surface area contributed by atoms with Gasteiger partial charge in [0.05, 0.1) is 5.02 Å². The molecule has 1 aromatic rings. The zero-order valence-electron chi connectivity index (χ0n) is 7.39. The van der Waals surface area contributed by atoms with Crippen LogP contribution in [0.3, 0.4) is 0 Å². The molecule has 1 rings (SSSR count). The number of aryl methyl sites for hydroxylation is 1. The molecule has 0 N–H and O–H groups in total. The quantitative estimate of drug-likeness (QED) is 0.507. The first-order valence-electron chi connectivity index (χ1n) is 4.29. The number of unbranched alkanes of at least 4 members (excludes halogenated alkanes) is 1. The molecule has 0 aliphatic rings. The second kappa shape index (κ2) is 5.03. The molecule has 0 aliphatic carbocycles. The van der Waals surface area contributed by atoms with E-state index in [4.69, 9.17) is 11.6 Å². The van der Waals surface area contributed by atoms with Crippen LogP contribution in [-0.4, -0.2) is 0 Å². The van der Waals surface area contributed by atoms with Crippen molar-refractivity contribution in [1.29, 1.82) is 0 Å². The number of rotatable bonds is 4. The summed E-state index contributed by atoms with van der Waals surface area (Å²) in [6.45, 7) is 3.61. The summed E-state index contributed by atoms with van der Waals surface area (Å²) in [6.07, 6.45) is 4.38. The van der Waals surface area contributed by atoms with Gasteiger partial charge in [-0.05, 0) is 30.9 Å². The Balaban J connectivity index is 2.65. The first-order valence-corrected chi connectivity index (χ1v) is 4.67. The maximum absolute atomic E-state index is 13.3. The van der Waals surface area contributed by atoms with Gasteiger partial charge in [0.2, 0.25) is 0 Å². The van der Waals surface area contributed by atoms with E-state index in [1.54, 1.807) is 18.2 Å². The van der Waals surface area contributed by atoms with Gasteiger partial charge in [0.25, 0.3) is 0 Å². The molecule has 2 heteroatoms. The number of halogens is 2. The number of hydrogen-bond donors (Lipinski definition) is 0. The van der Waals surface area contributed by atoms with Crippen LogP contribution in [0.2, 0.25) is 5.02 Å². The van der Waals surface area contributed by atoms with Crippen molar-refractivity contribution in [3.8, 4) is 0 Å². The van der Waals surface area contributed by atoms with Gasteiger partial charge in [-0.25, -0.2) is 4.39 Å². The molecule has 0 spiro atoms. The van der Waals surface area contributed by atoms with E-state index in [-0.39, 0.29) is 10.8 Å². The third kappa shape index (κ3) is 2.85. The van der Waals surface area contributed by atoms with Crippen molar-refractivity contribution in [2.45, 2.75) is 19.3 Å². The van der Waals surface area contributed by atoms with E-state index in [1.807, 2.05) is 6.08 Å². The van der Waals surface area contributed by atoms with Crippen LogP contribution in [0.5, 0.6) is 0 Å². The molecule has 0 fully saturated rings. The third-order valence-electron chi connectivity index (χ3n) is 1.89. The Bertz CT molecular complexity index is 294. The SMILES string of the molecule is C=CCCCc1cccc(Cl)c1F. The van der Waals surface area contributed by atoms with E-state index in [2.05, 4.69) is 6.58 Å². The molecule has 0 saturated heterocycles. The lowest BCUT2D eigenvalue weighted by atomic mass is 10.1. The molecule has 0 nitrogen and oxygen atoms in total. The van der Waals surface area contributed by atoms with Gasteiger partial charge in [-0.2, -0.15) is 0 Å². The molecule has 0 unspecified atom stereocenters. The van der Waals surface area contributed by atoms with Gasteiger partial charge < -0.3 is 0 Å². The minimum absolute atomic E-state index is 0.205. The van der Waals surface area contributed by atoms with Gasteiger partial charge in [-0.1, -0.05) is 29.8 Å². The van der Waals surface area contributed by atoms with E-state index in [9.17, 15) is 4.39 Å². The zero-order chi connectivity index (χ0) is 9.68. The second-order valence-electron chi connectivity index (χ2n) is 2.89. The summed E-state index contributed by atoms with van der Waals surface area (Å²) >= 11 is 5.63. The highest BCUT2D eigenvalue weighted by Gasteiger charge is 2.04. The standard InChI is InChI=1S/C11H12ClF/c1-2-3-4-6-9-7-5-8-10(12)11(9)13/h2,5,7-8H,1,3-4,6H2. The van der Waals surface area contributed by atoms with E-state index >= 15 is 0 Å². The van der Waals surface area contributed by atoms with Gasteiger partial charge >= 0.3 is 0 Å². The van der Waals surface area contributed by atoms with Crippen LogP contribution in [0.1, 0.15) is 18.4 Å². The number of hydrogen-bond acceptors (Lipinski definition) is 0. The van der Waals surface area contributed by atoms with Gasteiger partial charge in [0.1, 0.15) is 5.82 Å². The summed E-state index contributed by atoms with van der Waals surface area (Å²) in [5, 5.41) is 0.205. The van der Waals surface area contributed by atoms with Crippen LogP contribution in [0.15, 0.2) is 30.9 Å². The third-order valence-corrected chi connectivity index (χ3v) is 2.18. The average Bonchev–Trinajstić information content (AvgIpc) is 2.13. The van der Waals surface area contributed by atoms with Crippen LogP contribution in [0.25, 0.3) is 0 Å². The lowest BCUT2D eigenvalue weighted by Crippen LogP contribution is -1.90. The summed E-state index contributed by atoms with van der Waals surface area (Å²) in [5.41, 5.74) is 0.689. The average molecular weight is 199 g/mol. The number of allylic oxidation sites excluding steroid dienone is 1. The first-order chi connectivity index (χ1) is 6.25. The fourth-order valence-electron chi connectivity index (χ4n) is 1.18. The molecule has 0 heterocycles. The van der Waals surface area contributed by atoms with Crippen LogP contribution < -0.4 is 0 Å². The summed E-state index contributed by atoms with van der Waals surface area (Å²) in [4.78, 5) is 0. The topological polar surface area (TPSA) is 0 Å². The van der Waals surface area contributed by atoms with E-state index < -0.39 is 0 Å². The van der Waals surface area contributed by atoms with E-state index in [0.29, 0.717) is 5.56 Å². The molecular formula is C11H12ClF. The van der Waals surface area contributed by atoms with Gasteiger partial charge in [-0.15, -0.1) is 6.58 Å². The lowest BCUT2D eigenvalue weighted by molar-refractivity contribution is 0.605. The van der Waals surface area contributed by atoms with Gasteiger partial charge in [0.15, 0.2) is 0 Å². The van der Waals surface area contributed by atoms with Crippen molar-refractivity contribution >= 4 is 11.6 Å². The van der Waals surface area contributed by atoms with Crippen LogP contribution in [0, 0.1) is 5.82 Å². The van der Waals surface area contributed by atoms with Crippen LogP contribution in [0.4, 0.5) is 4.39 Å². The van der Waals surface area contributed by atoms with Gasteiger partial charge in [0, 0.05) is 0 Å². The fraction of sp³-hybridized carbons (Fsp3) is 0.273. The largest absolute Gasteiger partial charge is 0.205 e. The Morgan fingerprint density at radius 3 is 2.92 bits per heavy atom. The normalized spacial score (nSPS) is 10.0. The van der Waals surface area contributed by atoms with E-state index in [0.717, 1.165) is 19.3 Å². The Labute approximate surface area is 83.0 Å². The van der Waals surface area contributed by atoms with Crippen molar-refractivity contribution in [3.05, 3.63) is 47.3 Å². The summed E-state index contributed by atoms with van der Waals surface area (Å²) in [6, 6.07) is 5.10. The second-order valence-corrected chi connectivity index (χ2v) is 3.30. The summed E-state index contributed by atoms with van der Waals surface area (Å²) in [5.74, 6) is -0.284. The number of benzene rings is 1. The molecule has 70 valence electrons. The first kappa shape index (κ1) is 10.3. The monoisotopic (exact) mass is 198 g/mol. The fourth-order valence-corrected chi connectivity index (χ4v) is 1.37. The maximum atomic E-state index is 13.3. The predicted octanol–water partition coefficient (Wildman–Crippen LogP) is 3.99. The van der Waals surface area contributed by atoms with Crippen molar-refractivity contribution < 1.29 is 4.39 Å². The van der Waals surface area contributed by atoms with Crippen molar-refractivity contribution in [1.82, 2.24) is 0 Å². The molecule has 1 aromatic carbocycles. The predicted molar refractivity (Wildman–Crippen MR) is 54.5 cm³/mol. The summed E-state index contributed by atoms with van der Waals surface area (Å²) in [7, 11) is 0. The smallest absolute Gasteiger partial charge is 0.144 e. The van der Waals surface area contributed by atoms with Crippen molar-refractivity contribution in [2.24, 2.45) is 0 Å². The molecule has 0 amide bonds. The van der Waals surface area contributed by atoms with Crippen LogP contribution >= 0.6 is 11.6 Å². The minimum Gasteiger partial charge on any atom is -0.205 e. The van der Waals surface area contributed by atoms with Crippen molar-refractivity contribution in [3.63, 3.8) is 0 Å². The maximum Gasteiger partial charge on any atom is 0.144 e. The molecule has 13 heavy (non-hydrogen) atoms. The van der Waals surface area contributed by atoms with Crippen molar-refractivity contribution in [2.75, 3.05) is 0 Å². The molecular weight excluding hydrogens is 187 g/mol. The molecule has 0 aliphatic heterocycles. The minimum atomic E-state index is -0.284. The Kier molecular flexibility index (Phi) is 3.97. The molecule has 0 atom stereocenters. The molecule has 0 bridgehead atoms. The zero-order valence-corrected chi connectivity index (χ0v) is 8.15. The Morgan fingerprint density at radius 2 is 2.23 bits per heavy atom. The lowest BCUT2D eigenvalue weighted by Gasteiger charge is -2.02. The molecule has 0 aromatic heterocycles. The molecule has 0 saturated carbocycles. The van der Waals surface area contributed by atoms with Gasteiger partial charge in [-0.3, -0.25) is 0 Å². The van der Waals surface area contributed by atoms with E-state index in [1.165, 1.54) is 0 Å². The Morgan fingerprint density at radius 1 is 1.46 bits per heavy atom. The highest BCUT2D eigenvalue weighted by atomic mass is 35.5. The highest BCUT2D eigenvalue weighted by Crippen LogP contribution is 2.19.